The van der Waals surface area contributed by atoms with E-state index >= 15 is 0 Å². The Morgan fingerprint density at radius 2 is 2.17 bits per heavy atom. The molecule has 0 aliphatic carbocycles. The standard InChI is InChI=1S/C11H22O/c1-4-11(5-2)8-6-7-10(3)9-12/h4,10,12H,5-9H2,1-3H3/b11-4-. The molecule has 0 saturated heterocycles. The molecule has 1 heteroatoms. The van der Waals surface area contributed by atoms with Gasteiger partial charge in [-0.2, -0.15) is 0 Å². The van der Waals surface area contributed by atoms with Crippen LogP contribution in [-0.4, -0.2) is 11.7 Å². The van der Waals surface area contributed by atoms with Crippen LogP contribution in [0.15, 0.2) is 11.6 Å². The highest BCUT2D eigenvalue weighted by atomic mass is 16.3. The van der Waals surface area contributed by atoms with Gasteiger partial charge in [0.1, 0.15) is 0 Å². The van der Waals surface area contributed by atoms with E-state index in [0.29, 0.717) is 12.5 Å². The molecule has 12 heavy (non-hydrogen) atoms. The van der Waals surface area contributed by atoms with E-state index in [4.69, 9.17) is 5.11 Å². The molecule has 0 aromatic carbocycles. The van der Waals surface area contributed by atoms with Crippen LogP contribution in [0.2, 0.25) is 0 Å². The number of aliphatic hydroxyl groups is 1. The third-order valence-electron chi connectivity index (χ3n) is 2.37. The van der Waals surface area contributed by atoms with Gasteiger partial charge in [-0.3, -0.25) is 0 Å². The summed E-state index contributed by atoms with van der Waals surface area (Å²) in [5.74, 6) is 0.472. The molecule has 0 spiro atoms. The Morgan fingerprint density at radius 3 is 2.58 bits per heavy atom. The van der Waals surface area contributed by atoms with Crippen LogP contribution < -0.4 is 0 Å². The Hall–Kier alpha value is -0.300. The minimum atomic E-state index is 0.331. The molecule has 0 rings (SSSR count). The summed E-state index contributed by atoms with van der Waals surface area (Å²) in [4.78, 5) is 0. The minimum Gasteiger partial charge on any atom is -0.396 e. The SMILES string of the molecule is C/C=C(/CC)CCCC(C)CO. The Bertz CT molecular complexity index is 127. The van der Waals surface area contributed by atoms with Crippen LogP contribution in [0.5, 0.6) is 0 Å². The Morgan fingerprint density at radius 1 is 1.50 bits per heavy atom. The lowest BCUT2D eigenvalue weighted by Gasteiger charge is -2.07. The normalized spacial score (nSPS) is 14.8. The predicted octanol–water partition coefficient (Wildman–Crippen LogP) is 3.14. The molecule has 72 valence electrons. The average Bonchev–Trinajstić information content (AvgIpc) is 2.12. The summed E-state index contributed by atoms with van der Waals surface area (Å²) in [6.45, 7) is 6.73. The Labute approximate surface area is 76.5 Å². The highest BCUT2D eigenvalue weighted by Gasteiger charge is 2.00. The van der Waals surface area contributed by atoms with Gasteiger partial charge in [-0.25, -0.2) is 0 Å². The van der Waals surface area contributed by atoms with Gasteiger partial charge in [0.2, 0.25) is 0 Å². The smallest absolute Gasteiger partial charge is 0.0456 e. The van der Waals surface area contributed by atoms with Crippen LogP contribution in [-0.2, 0) is 0 Å². The van der Waals surface area contributed by atoms with Crippen LogP contribution in [0.25, 0.3) is 0 Å². The fraction of sp³-hybridized carbons (Fsp3) is 0.818. The van der Waals surface area contributed by atoms with Gasteiger partial charge < -0.3 is 5.11 Å². The predicted molar refractivity (Wildman–Crippen MR) is 54.1 cm³/mol. The zero-order valence-corrected chi connectivity index (χ0v) is 8.64. The molecule has 0 fully saturated rings. The third kappa shape index (κ3) is 5.36. The molecule has 0 saturated carbocycles. The van der Waals surface area contributed by atoms with Crippen molar-refractivity contribution >= 4 is 0 Å². The summed E-state index contributed by atoms with van der Waals surface area (Å²) in [5, 5.41) is 8.80. The monoisotopic (exact) mass is 170 g/mol. The molecule has 0 radical (unpaired) electrons. The maximum absolute atomic E-state index is 8.80. The largest absolute Gasteiger partial charge is 0.396 e. The van der Waals surface area contributed by atoms with Crippen LogP contribution in [0.4, 0.5) is 0 Å². The van der Waals surface area contributed by atoms with Crippen LogP contribution in [0, 0.1) is 5.92 Å². The van der Waals surface area contributed by atoms with Crippen molar-refractivity contribution in [2.24, 2.45) is 5.92 Å². The zero-order valence-electron chi connectivity index (χ0n) is 8.64. The van der Waals surface area contributed by atoms with E-state index in [2.05, 4.69) is 26.8 Å². The molecule has 1 nitrogen and oxygen atoms in total. The Balaban J connectivity index is 3.42. The number of hydrogen-bond donors (Lipinski definition) is 1. The van der Waals surface area contributed by atoms with Gasteiger partial charge in [0.05, 0.1) is 0 Å². The minimum absolute atomic E-state index is 0.331. The first kappa shape index (κ1) is 11.7. The van der Waals surface area contributed by atoms with E-state index in [1.165, 1.54) is 19.3 Å². The number of allylic oxidation sites excluding steroid dienone is 2. The lowest BCUT2D eigenvalue weighted by Crippen LogP contribution is -2.00. The van der Waals surface area contributed by atoms with Crippen LogP contribution >= 0.6 is 0 Å². The van der Waals surface area contributed by atoms with Crippen molar-refractivity contribution in [2.75, 3.05) is 6.61 Å². The first-order chi connectivity index (χ1) is 5.74. The second-order valence-corrected chi connectivity index (χ2v) is 3.48. The van der Waals surface area contributed by atoms with Gasteiger partial charge in [0.15, 0.2) is 0 Å². The Kier molecular flexibility index (Phi) is 7.17. The number of hydrogen-bond acceptors (Lipinski definition) is 1. The fourth-order valence-corrected chi connectivity index (χ4v) is 1.29. The summed E-state index contributed by atoms with van der Waals surface area (Å²) >= 11 is 0. The van der Waals surface area contributed by atoms with E-state index in [1.807, 2.05) is 0 Å². The molecular formula is C11H22O. The molecule has 1 unspecified atom stereocenters. The summed E-state index contributed by atoms with van der Waals surface area (Å²) in [7, 11) is 0. The summed E-state index contributed by atoms with van der Waals surface area (Å²) < 4.78 is 0. The van der Waals surface area contributed by atoms with Crippen molar-refractivity contribution in [3.05, 3.63) is 11.6 Å². The quantitative estimate of drug-likeness (QED) is 0.607. The van der Waals surface area contributed by atoms with Gasteiger partial charge in [-0.1, -0.05) is 25.5 Å². The maximum atomic E-state index is 8.80. The molecule has 0 aromatic heterocycles. The van der Waals surface area contributed by atoms with E-state index in [0.717, 1.165) is 6.42 Å². The van der Waals surface area contributed by atoms with Crippen molar-refractivity contribution in [3.8, 4) is 0 Å². The summed E-state index contributed by atoms with van der Waals surface area (Å²) in [5.41, 5.74) is 1.54. The lowest BCUT2D eigenvalue weighted by atomic mass is 10.0. The van der Waals surface area contributed by atoms with Crippen LogP contribution in [0.1, 0.15) is 46.5 Å². The maximum Gasteiger partial charge on any atom is 0.0456 e. The van der Waals surface area contributed by atoms with Gasteiger partial charge in [0.25, 0.3) is 0 Å². The van der Waals surface area contributed by atoms with Gasteiger partial charge in [0, 0.05) is 6.61 Å². The topological polar surface area (TPSA) is 20.2 Å². The van der Waals surface area contributed by atoms with Crippen molar-refractivity contribution in [1.29, 1.82) is 0 Å². The molecular weight excluding hydrogens is 148 g/mol. The summed E-state index contributed by atoms with van der Waals surface area (Å²) in [6.07, 6.45) is 6.95. The van der Waals surface area contributed by atoms with Crippen LogP contribution in [0.3, 0.4) is 0 Å². The molecule has 0 aliphatic rings. The first-order valence-electron chi connectivity index (χ1n) is 4.99. The third-order valence-corrected chi connectivity index (χ3v) is 2.37. The van der Waals surface area contributed by atoms with E-state index in [9.17, 15) is 0 Å². The average molecular weight is 170 g/mol. The zero-order chi connectivity index (χ0) is 9.40. The number of rotatable bonds is 6. The van der Waals surface area contributed by atoms with Crippen molar-refractivity contribution in [3.63, 3.8) is 0 Å². The van der Waals surface area contributed by atoms with E-state index in [-0.39, 0.29) is 0 Å². The van der Waals surface area contributed by atoms with Gasteiger partial charge >= 0.3 is 0 Å². The van der Waals surface area contributed by atoms with Crippen molar-refractivity contribution in [1.82, 2.24) is 0 Å². The molecule has 1 atom stereocenters. The molecule has 0 aromatic rings. The fourth-order valence-electron chi connectivity index (χ4n) is 1.29. The molecule has 0 bridgehead atoms. The van der Waals surface area contributed by atoms with E-state index < -0.39 is 0 Å². The molecule has 0 heterocycles. The first-order valence-corrected chi connectivity index (χ1v) is 4.99. The second kappa shape index (κ2) is 7.35. The lowest BCUT2D eigenvalue weighted by molar-refractivity contribution is 0.228. The molecule has 0 amide bonds. The van der Waals surface area contributed by atoms with Gasteiger partial charge in [-0.05, 0) is 38.5 Å². The van der Waals surface area contributed by atoms with Gasteiger partial charge in [-0.15, -0.1) is 0 Å². The second-order valence-electron chi connectivity index (χ2n) is 3.48. The number of aliphatic hydroxyl groups excluding tert-OH is 1. The van der Waals surface area contributed by atoms with Crippen molar-refractivity contribution < 1.29 is 5.11 Å². The molecule has 0 aliphatic heterocycles. The summed E-state index contributed by atoms with van der Waals surface area (Å²) in [6, 6.07) is 0. The van der Waals surface area contributed by atoms with Crippen molar-refractivity contribution in [2.45, 2.75) is 46.5 Å². The highest BCUT2D eigenvalue weighted by molar-refractivity contribution is 4.98. The highest BCUT2D eigenvalue weighted by Crippen LogP contribution is 2.14. The van der Waals surface area contributed by atoms with E-state index in [1.54, 1.807) is 5.57 Å². The molecule has 1 N–H and O–H groups in total.